The summed E-state index contributed by atoms with van der Waals surface area (Å²) in [5.74, 6) is 0.837. The number of aromatic nitrogens is 3. The Bertz CT molecular complexity index is 971. The highest BCUT2D eigenvalue weighted by atomic mass is 16.5. The number of hydrogen-bond acceptors (Lipinski definition) is 3. The van der Waals surface area contributed by atoms with Gasteiger partial charge in [0.15, 0.2) is 0 Å². The van der Waals surface area contributed by atoms with Crippen LogP contribution in [0.2, 0.25) is 0 Å². The molecule has 0 aliphatic carbocycles. The lowest BCUT2D eigenvalue weighted by atomic mass is 10.1. The zero-order valence-electron chi connectivity index (χ0n) is 12.4. The van der Waals surface area contributed by atoms with Gasteiger partial charge in [0.1, 0.15) is 17.7 Å². The van der Waals surface area contributed by atoms with Crippen LogP contribution in [-0.2, 0) is 0 Å². The minimum absolute atomic E-state index is 0.837. The molecule has 0 fully saturated rings. The Morgan fingerprint density at radius 1 is 1.00 bits per heavy atom. The lowest BCUT2D eigenvalue weighted by Crippen LogP contribution is -1.88. The van der Waals surface area contributed by atoms with E-state index in [0.717, 1.165) is 38.9 Å². The van der Waals surface area contributed by atoms with Gasteiger partial charge in [0.05, 0.1) is 18.2 Å². The van der Waals surface area contributed by atoms with E-state index in [9.17, 15) is 0 Å². The Hall–Kier alpha value is -2.88. The van der Waals surface area contributed by atoms with Crippen molar-refractivity contribution in [2.45, 2.75) is 6.92 Å². The van der Waals surface area contributed by atoms with Gasteiger partial charge in [0.25, 0.3) is 0 Å². The molecule has 0 atom stereocenters. The van der Waals surface area contributed by atoms with Crippen LogP contribution in [0.15, 0.2) is 48.8 Å². The molecule has 22 heavy (non-hydrogen) atoms. The smallest absolute Gasteiger partial charge is 0.142 e. The van der Waals surface area contributed by atoms with E-state index in [1.807, 2.05) is 24.3 Å². The van der Waals surface area contributed by atoms with Crippen LogP contribution < -0.4 is 4.74 Å². The van der Waals surface area contributed by atoms with Gasteiger partial charge in [-0.15, -0.1) is 0 Å². The predicted octanol–water partition coefficient (Wildman–Crippen LogP) is 4.10. The average Bonchev–Trinajstić information content (AvgIpc) is 2.93. The van der Waals surface area contributed by atoms with Crippen LogP contribution >= 0.6 is 0 Å². The van der Waals surface area contributed by atoms with Crippen molar-refractivity contribution < 1.29 is 4.74 Å². The number of methoxy groups -OCH3 is 1. The minimum Gasteiger partial charge on any atom is -0.497 e. The summed E-state index contributed by atoms with van der Waals surface area (Å²) in [4.78, 5) is 12.3. The van der Waals surface area contributed by atoms with Gasteiger partial charge in [-0.05, 0) is 43.3 Å². The molecule has 0 unspecified atom stereocenters. The number of H-pyrrole nitrogens is 1. The highest BCUT2D eigenvalue weighted by Gasteiger charge is 2.12. The number of aryl methyl sites for hydroxylation is 1. The van der Waals surface area contributed by atoms with E-state index >= 15 is 0 Å². The van der Waals surface area contributed by atoms with Gasteiger partial charge >= 0.3 is 0 Å². The zero-order chi connectivity index (χ0) is 15.1. The molecule has 4 rings (SSSR count). The van der Waals surface area contributed by atoms with Gasteiger partial charge in [0, 0.05) is 16.5 Å². The molecule has 0 aliphatic rings. The van der Waals surface area contributed by atoms with Crippen LogP contribution in [0.1, 0.15) is 5.56 Å². The Kier molecular flexibility index (Phi) is 2.82. The van der Waals surface area contributed by atoms with Crippen LogP contribution in [0.5, 0.6) is 5.75 Å². The maximum absolute atomic E-state index is 5.22. The molecule has 2 aromatic heterocycles. The van der Waals surface area contributed by atoms with Crippen molar-refractivity contribution >= 4 is 21.9 Å². The topological polar surface area (TPSA) is 50.8 Å². The van der Waals surface area contributed by atoms with Gasteiger partial charge < -0.3 is 9.72 Å². The fraction of sp³-hybridized carbons (Fsp3) is 0.111. The van der Waals surface area contributed by atoms with Crippen molar-refractivity contribution in [3.63, 3.8) is 0 Å². The van der Waals surface area contributed by atoms with Crippen LogP contribution in [-0.4, -0.2) is 22.1 Å². The fourth-order valence-electron chi connectivity index (χ4n) is 2.80. The second kappa shape index (κ2) is 4.84. The third kappa shape index (κ3) is 1.92. The first-order chi connectivity index (χ1) is 10.8. The molecule has 0 aliphatic heterocycles. The molecular weight excluding hydrogens is 274 g/mol. The number of fused-ring (bicyclic) bond motifs is 3. The van der Waals surface area contributed by atoms with Crippen molar-refractivity contribution in [1.29, 1.82) is 0 Å². The Morgan fingerprint density at radius 3 is 2.59 bits per heavy atom. The zero-order valence-corrected chi connectivity index (χ0v) is 12.4. The summed E-state index contributed by atoms with van der Waals surface area (Å²) in [7, 11) is 1.67. The summed E-state index contributed by atoms with van der Waals surface area (Å²) in [6, 6.07) is 14.3. The molecule has 108 valence electrons. The highest BCUT2D eigenvalue weighted by Crippen LogP contribution is 2.32. The molecule has 4 heteroatoms. The summed E-state index contributed by atoms with van der Waals surface area (Å²) >= 11 is 0. The molecule has 0 saturated carbocycles. The fourth-order valence-corrected chi connectivity index (χ4v) is 2.80. The van der Waals surface area contributed by atoms with E-state index in [-0.39, 0.29) is 0 Å². The van der Waals surface area contributed by atoms with E-state index in [1.165, 1.54) is 5.56 Å². The highest BCUT2D eigenvalue weighted by molar-refractivity contribution is 6.12. The molecule has 0 spiro atoms. The lowest BCUT2D eigenvalue weighted by molar-refractivity contribution is 0.415. The standard InChI is InChI=1S/C18H15N3O/c1-11-3-8-15-14(9-11)16-17(19-10-20-18(16)21-15)12-4-6-13(22-2)7-5-12/h3-10H,1-2H3,(H,19,20,21). The first kappa shape index (κ1) is 12.8. The molecule has 2 heterocycles. The summed E-state index contributed by atoms with van der Waals surface area (Å²) in [6.45, 7) is 2.09. The number of nitrogens with one attached hydrogen (secondary N) is 1. The normalized spacial score (nSPS) is 11.2. The molecule has 0 amide bonds. The van der Waals surface area contributed by atoms with E-state index in [4.69, 9.17) is 4.74 Å². The van der Waals surface area contributed by atoms with Crippen molar-refractivity contribution in [1.82, 2.24) is 15.0 Å². The third-order valence-corrected chi connectivity index (χ3v) is 3.91. The van der Waals surface area contributed by atoms with E-state index in [2.05, 4.69) is 40.1 Å². The van der Waals surface area contributed by atoms with Gasteiger partial charge in [-0.25, -0.2) is 9.97 Å². The minimum atomic E-state index is 0.837. The van der Waals surface area contributed by atoms with Gasteiger partial charge in [-0.3, -0.25) is 0 Å². The van der Waals surface area contributed by atoms with E-state index < -0.39 is 0 Å². The van der Waals surface area contributed by atoms with Crippen molar-refractivity contribution in [2.75, 3.05) is 7.11 Å². The van der Waals surface area contributed by atoms with E-state index in [0.29, 0.717) is 0 Å². The summed E-state index contributed by atoms with van der Waals surface area (Å²) < 4.78 is 5.22. The number of hydrogen-bond donors (Lipinski definition) is 1. The van der Waals surface area contributed by atoms with Crippen LogP contribution in [0, 0.1) is 6.92 Å². The number of aromatic amines is 1. The van der Waals surface area contributed by atoms with E-state index in [1.54, 1.807) is 13.4 Å². The third-order valence-electron chi connectivity index (χ3n) is 3.91. The number of rotatable bonds is 2. The van der Waals surface area contributed by atoms with Crippen LogP contribution in [0.25, 0.3) is 33.2 Å². The molecule has 0 bridgehead atoms. The molecule has 4 aromatic rings. The number of nitrogens with zero attached hydrogens (tertiary/aromatic N) is 2. The van der Waals surface area contributed by atoms with Crippen molar-refractivity contribution in [3.8, 4) is 17.0 Å². The Balaban J connectivity index is 2.03. The molecule has 0 saturated heterocycles. The SMILES string of the molecule is COc1ccc(-c2ncnc3[nH]c4ccc(C)cc4c23)cc1. The first-order valence-electron chi connectivity index (χ1n) is 7.14. The van der Waals surface area contributed by atoms with Crippen LogP contribution in [0.4, 0.5) is 0 Å². The number of ether oxygens (including phenoxy) is 1. The summed E-state index contributed by atoms with van der Waals surface area (Å²) in [6.07, 6.45) is 1.60. The van der Waals surface area contributed by atoms with Crippen molar-refractivity contribution in [3.05, 3.63) is 54.4 Å². The summed E-state index contributed by atoms with van der Waals surface area (Å²) in [5.41, 5.74) is 5.15. The largest absolute Gasteiger partial charge is 0.497 e. The lowest BCUT2D eigenvalue weighted by Gasteiger charge is -2.04. The second-order valence-corrected chi connectivity index (χ2v) is 5.35. The molecule has 2 aromatic carbocycles. The van der Waals surface area contributed by atoms with Gasteiger partial charge in [-0.2, -0.15) is 0 Å². The van der Waals surface area contributed by atoms with Crippen molar-refractivity contribution in [2.24, 2.45) is 0 Å². The monoisotopic (exact) mass is 289 g/mol. The first-order valence-corrected chi connectivity index (χ1v) is 7.14. The Morgan fingerprint density at radius 2 is 1.82 bits per heavy atom. The molecule has 1 N–H and O–H groups in total. The summed E-state index contributed by atoms with van der Waals surface area (Å²) in [5, 5.41) is 2.22. The maximum Gasteiger partial charge on any atom is 0.142 e. The molecule has 0 radical (unpaired) electrons. The second-order valence-electron chi connectivity index (χ2n) is 5.35. The van der Waals surface area contributed by atoms with Gasteiger partial charge in [0.2, 0.25) is 0 Å². The maximum atomic E-state index is 5.22. The van der Waals surface area contributed by atoms with Gasteiger partial charge in [-0.1, -0.05) is 11.6 Å². The average molecular weight is 289 g/mol. The Labute approximate surface area is 127 Å². The number of benzene rings is 2. The molecular formula is C18H15N3O. The predicted molar refractivity (Wildman–Crippen MR) is 88.1 cm³/mol. The van der Waals surface area contributed by atoms with Crippen LogP contribution in [0.3, 0.4) is 0 Å². The quantitative estimate of drug-likeness (QED) is 0.604. The molecule has 4 nitrogen and oxygen atoms in total.